The van der Waals surface area contributed by atoms with Crippen LogP contribution in [-0.2, 0) is 13.0 Å². The molecular weight excluding hydrogens is 288 g/mol. The topological polar surface area (TPSA) is 61.0 Å². The van der Waals surface area contributed by atoms with E-state index in [1.165, 1.54) is 0 Å². The quantitative estimate of drug-likeness (QED) is 0.765. The van der Waals surface area contributed by atoms with E-state index in [9.17, 15) is 4.79 Å². The maximum Gasteiger partial charge on any atom is 0.257 e. The van der Waals surface area contributed by atoms with Crippen molar-refractivity contribution >= 4 is 22.5 Å². The zero-order valence-electron chi connectivity index (χ0n) is 13.0. The molecule has 3 aromatic rings. The van der Waals surface area contributed by atoms with Gasteiger partial charge in [0.15, 0.2) is 0 Å². The van der Waals surface area contributed by atoms with Crippen molar-refractivity contribution in [3.05, 3.63) is 59.5 Å². The van der Waals surface area contributed by atoms with Gasteiger partial charge in [-0.2, -0.15) is 0 Å². The molecule has 1 aliphatic rings. The smallest absolute Gasteiger partial charge is 0.257 e. The van der Waals surface area contributed by atoms with Crippen LogP contribution in [0.25, 0.3) is 10.9 Å². The number of amides is 1. The first-order chi connectivity index (χ1) is 11.2. The molecule has 0 radical (unpaired) electrons. The van der Waals surface area contributed by atoms with Crippen LogP contribution in [0.4, 0.5) is 5.69 Å². The van der Waals surface area contributed by atoms with E-state index < -0.39 is 0 Å². The van der Waals surface area contributed by atoms with Crippen LogP contribution in [0.1, 0.15) is 21.5 Å². The van der Waals surface area contributed by atoms with Crippen LogP contribution in [0, 0.1) is 0 Å². The summed E-state index contributed by atoms with van der Waals surface area (Å²) >= 11 is 0. The van der Waals surface area contributed by atoms with Gasteiger partial charge in [-0.05, 0) is 42.8 Å². The first-order valence-corrected chi connectivity index (χ1v) is 7.74. The lowest BCUT2D eigenvalue weighted by molar-refractivity contribution is 0.102. The highest BCUT2D eigenvalue weighted by atomic mass is 16.1. The summed E-state index contributed by atoms with van der Waals surface area (Å²) < 4.78 is 0. The zero-order chi connectivity index (χ0) is 15.8. The highest BCUT2D eigenvalue weighted by molar-refractivity contribution is 6.09. The number of hydrogen-bond donors (Lipinski definition) is 2. The van der Waals surface area contributed by atoms with E-state index in [1.54, 1.807) is 6.20 Å². The number of pyridine rings is 1. The van der Waals surface area contributed by atoms with Gasteiger partial charge >= 0.3 is 0 Å². The third-order valence-electron chi connectivity index (χ3n) is 4.42. The lowest BCUT2D eigenvalue weighted by Gasteiger charge is -2.26. The Morgan fingerprint density at radius 2 is 2.22 bits per heavy atom. The Morgan fingerprint density at radius 1 is 1.30 bits per heavy atom. The molecule has 2 aromatic heterocycles. The van der Waals surface area contributed by atoms with Crippen LogP contribution in [0.3, 0.4) is 0 Å². The second-order valence-electron chi connectivity index (χ2n) is 6.01. The minimum Gasteiger partial charge on any atom is -0.361 e. The molecule has 1 aromatic carbocycles. The van der Waals surface area contributed by atoms with E-state index in [1.807, 2.05) is 36.7 Å². The second-order valence-corrected chi connectivity index (χ2v) is 6.01. The van der Waals surface area contributed by atoms with Gasteiger partial charge in [0.05, 0.1) is 11.3 Å². The number of rotatable bonds is 2. The van der Waals surface area contributed by atoms with Crippen molar-refractivity contribution in [3.63, 3.8) is 0 Å². The van der Waals surface area contributed by atoms with Gasteiger partial charge in [-0.15, -0.1) is 0 Å². The molecule has 1 aliphatic heterocycles. The van der Waals surface area contributed by atoms with Gasteiger partial charge in [0, 0.05) is 42.6 Å². The summed E-state index contributed by atoms with van der Waals surface area (Å²) in [5.74, 6) is -0.0902. The molecule has 3 heterocycles. The lowest BCUT2D eigenvalue weighted by Crippen LogP contribution is -2.29. The van der Waals surface area contributed by atoms with E-state index in [2.05, 4.69) is 27.2 Å². The number of anilines is 1. The number of aromatic amines is 1. The summed E-state index contributed by atoms with van der Waals surface area (Å²) in [6.45, 7) is 1.81. The minimum absolute atomic E-state index is 0.0902. The van der Waals surface area contributed by atoms with Crippen LogP contribution in [0.15, 0.2) is 42.9 Å². The van der Waals surface area contributed by atoms with Crippen molar-refractivity contribution in [2.75, 3.05) is 18.9 Å². The van der Waals surface area contributed by atoms with Gasteiger partial charge < -0.3 is 15.2 Å². The Morgan fingerprint density at radius 3 is 3.13 bits per heavy atom. The number of carbonyl (C=O) groups excluding carboxylic acids is 1. The van der Waals surface area contributed by atoms with Crippen molar-refractivity contribution < 1.29 is 4.79 Å². The number of carbonyl (C=O) groups is 1. The van der Waals surface area contributed by atoms with Gasteiger partial charge in [0.25, 0.3) is 5.91 Å². The van der Waals surface area contributed by atoms with Crippen LogP contribution in [0.5, 0.6) is 0 Å². The van der Waals surface area contributed by atoms with Crippen LogP contribution in [0.2, 0.25) is 0 Å². The molecular formula is C18H18N4O. The Kier molecular flexibility index (Phi) is 3.35. The summed E-state index contributed by atoms with van der Waals surface area (Å²) in [5, 5.41) is 4.05. The number of H-pyrrole nitrogens is 1. The molecule has 116 valence electrons. The SMILES string of the molecule is CN1CCc2c(cncc2C(=O)Nc2cccc3[nH]ccc23)C1. The lowest BCUT2D eigenvalue weighted by atomic mass is 9.97. The second kappa shape index (κ2) is 5.52. The average Bonchev–Trinajstić information content (AvgIpc) is 3.03. The zero-order valence-corrected chi connectivity index (χ0v) is 13.0. The molecule has 0 spiro atoms. The van der Waals surface area contributed by atoms with Crippen molar-refractivity contribution in [1.29, 1.82) is 0 Å². The molecule has 23 heavy (non-hydrogen) atoms. The van der Waals surface area contributed by atoms with Gasteiger partial charge in [-0.25, -0.2) is 0 Å². The molecule has 0 saturated carbocycles. The Bertz CT molecular complexity index is 884. The van der Waals surface area contributed by atoms with Crippen LogP contribution < -0.4 is 5.32 Å². The van der Waals surface area contributed by atoms with Crippen molar-refractivity contribution in [1.82, 2.24) is 14.9 Å². The monoisotopic (exact) mass is 306 g/mol. The molecule has 0 fully saturated rings. The van der Waals surface area contributed by atoms with E-state index in [4.69, 9.17) is 0 Å². The third-order valence-corrected chi connectivity index (χ3v) is 4.42. The van der Waals surface area contributed by atoms with Crippen LogP contribution >= 0.6 is 0 Å². The Hall–Kier alpha value is -2.66. The fourth-order valence-electron chi connectivity index (χ4n) is 3.21. The Balaban J connectivity index is 1.68. The largest absolute Gasteiger partial charge is 0.361 e. The predicted octanol–water partition coefficient (Wildman–Crippen LogP) is 2.80. The molecule has 1 amide bonds. The van der Waals surface area contributed by atoms with E-state index in [-0.39, 0.29) is 5.91 Å². The normalized spacial score (nSPS) is 14.7. The standard InChI is InChI=1S/C18H18N4O/c1-22-8-6-13-12(11-22)9-19-10-15(13)18(23)21-17-4-2-3-16-14(17)5-7-20-16/h2-5,7,9-10,20H,6,8,11H2,1H3,(H,21,23). The summed E-state index contributed by atoms with van der Waals surface area (Å²) in [7, 11) is 2.09. The number of nitrogens with zero attached hydrogens (tertiary/aromatic N) is 2. The number of likely N-dealkylation sites (N-methyl/N-ethyl adjacent to an activating group) is 1. The van der Waals surface area contributed by atoms with Crippen molar-refractivity contribution in [3.8, 4) is 0 Å². The maximum absolute atomic E-state index is 12.8. The first-order valence-electron chi connectivity index (χ1n) is 7.74. The fraction of sp³-hybridized carbons (Fsp3) is 0.222. The number of benzene rings is 1. The van der Waals surface area contributed by atoms with Gasteiger partial charge in [-0.1, -0.05) is 6.07 Å². The summed E-state index contributed by atoms with van der Waals surface area (Å²) in [5.41, 5.74) is 4.78. The third kappa shape index (κ3) is 2.49. The number of nitrogens with one attached hydrogen (secondary N) is 2. The van der Waals surface area contributed by atoms with Gasteiger partial charge in [0.1, 0.15) is 0 Å². The molecule has 0 saturated heterocycles. The minimum atomic E-state index is -0.0902. The van der Waals surface area contributed by atoms with Crippen molar-refractivity contribution in [2.45, 2.75) is 13.0 Å². The highest BCUT2D eigenvalue weighted by Crippen LogP contribution is 2.25. The number of fused-ring (bicyclic) bond motifs is 2. The highest BCUT2D eigenvalue weighted by Gasteiger charge is 2.20. The molecule has 4 rings (SSSR count). The molecule has 0 unspecified atom stereocenters. The van der Waals surface area contributed by atoms with E-state index >= 15 is 0 Å². The molecule has 2 N–H and O–H groups in total. The molecule has 0 atom stereocenters. The first kappa shape index (κ1) is 14.0. The summed E-state index contributed by atoms with van der Waals surface area (Å²) in [6.07, 6.45) is 6.30. The summed E-state index contributed by atoms with van der Waals surface area (Å²) in [4.78, 5) is 22.4. The Labute approximate surface area is 134 Å². The number of hydrogen-bond acceptors (Lipinski definition) is 3. The average molecular weight is 306 g/mol. The maximum atomic E-state index is 12.8. The molecule has 0 bridgehead atoms. The van der Waals surface area contributed by atoms with E-state index in [0.29, 0.717) is 5.56 Å². The molecule has 5 heteroatoms. The fourth-order valence-corrected chi connectivity index (χ4v) is 3.21. The van der Waals surface area contributed by atoms with Crippen LogP contribution in [-0.4, -0.2) is 34.4 Å². The molecule has 5 nitrogen and oxygen atoms in total. The van der Waals surface area contributed by atoms with Gasteiger partial charge in [-0.3, -0.25) is 9.78 Å². The van der Waals surface area contributed by atoms with Crippen molar-refractivity contribution in [2.24, 2.45) is 0 Å². The predicted molar refractivity (Wildman–Crippen MR) is 90.5 cm³/mol. The van der Waals surface area contributed by atoms with Gasteiger partial charge in [0.2, 0.25) is 0 Å². The molecule has 0 aliphatic carbocycles. The number of aromatic nitrogens is 2. The summed E-state index contributed by atoms with van der Waals surface area (Å²) in [6, 6.07) is 7.82. The van der Waals surface area contributed by atoms with E-state index in [0.717, 1.165) is 47.2 Å².